The van der Waals surface area contributed by atoms with Crippen molar-refractivity contribution < 1.29 is 4.79 Å². The Morgan fingerprint density at radius 1 is 1.13 bits per heavy atom. The van der Waals surface area contributed by atoms with Crippen molar-refractivity contribution in [3.8, 4) is 0 Å². The molecule has 0 saturated carbocycles. The minimum atomic E-state index is 0.185. The summed E-state index contributed by atoms with van der Waals surface area (Å²) in [6.07, 6.45) is 6.02. The second-order valence-corrected chi connectivity index (χ2v) is 9.74. The fourth-order valence-electron chi connectivity index (χ4n) is 4.02. The van der Waals surface area contributed by atoms with Crippen molar-refractivity contribution in [2.45, 2.75) is 51.7 Å². The van der Waals surface area contributed by atoms with Gasteiger partial charge in [0.2, 0.25) is 5.91 Å². The van der Waals surface area contributed by atoms with Gasteiger partial charge in [-0.2, -0.15) is 0 Å². The molecule has 1 fully saturated rings. The van der Waals surface area contributed by atoms with Crippen LogP contribution in [0.1, 0.15) is 40.9 Å². The Morgan fingerprint density at radius 3 is 2.63 bits per heavy atom. The molecular weight excluding hydrogens is 412 g/mol. The standard InChI is InChI=1S/C23H28N4OS2/c1-18(28)26-11-9-21(10-12-26)27(15-22-13-24-17-30-22)14-20-16-29-23(25-20)8-7-19-5-3-2-4-6-19/h2-6,13,16-17,21H,7-12,14-15H2,1H3. The highest BCUT2D eigenvalue weighted by Gasteiger charge is 2.26. The van der Waals surface area contributed by atoms with Crippen LogP contribution in [0.4, 0.5) is 0 Å². The van der Waals surface area contributed by atoms with Crippen molar-refractivity contribution in [2.24, 2.45) is 0 Å². The number of amides is 1. The average molecular weight is 441 g/mol. The third-order valence-electron chi connectivity index (χ3n) is 5.70. The maximum absolute atomic E-state index is 11.7. The summed E-state index contributed by atoms with van der Waals surface area (Å²) in [5, 5.41) is 3.42. The summed E-state index contributed by atoms with van der Waals surface area (Å²) in [5.41, 5.74) is 4.41. The van der Waals surface area contributed by atoms with Gasteiger partial charge in [-0.15, -0.1) is 22.7 Å². The van der Waals surface area contributed by atoms with Crippen molar-refractivity contribution in [1.29, 1.82) is 0 Å². The van der Waals surface area contributed by atoms with E-state index in [1.165, 1.54) is 15.4 Å². The van der Waals surface area contributed by atoms with Gasteiger partial charge in [-0.05, 0) is 24.8 Å². The molecule has 1 aromatic carbocycles. The van der Waals surface area contributed by atoms with Crippen LogP contribution in [0.3, 0.4) is 0 Å². The SMILES string of the molecule is CC(=O)N1CCC(N(Cc2csc(CCc3ccccc3)n2)Cc2cncs2)CC1. The van der Waals surface area contributed by atoms with E-state index < -0.39 is 0 Å². The van der Waals surface area contributed by atoms with E-state index in [2.05, 4.69) is 45.6 Å². The molecule has 0 aliphatic carbocycles. The lowest BCUT2D eigenvalue weighted by molar-refractivity contribution is -0.130. The number of aromatic nitrogens is 2. The highest BCUT2D eigenvalue weighted by atomic mass is 32.1. The van der Waals surface area contributed by atoms with Crippen molar-refractivity contribution in [3.05, 3.63) is 68.6 Å². The van der Waals surface area contributed by atoms with Gasteiger partial charge in [-0.1, -0.05) is 30.3 Å². The Hall–Kier alpha value is -2.09. The van der Waals surface area contributed by atoms with Gasteiger partial charge in [0, 0.05) is 62.0 Å². The summed E-state index contributed by atoms with van der Waals surface area (Å²) in [7, 11) is 0. The number of piperidine rings is 1. The summed E-state index contributed by atoms with van der Waals surface area (Å²) in [5.74, 6) is 0.185. The summed E-state index contributed by atoms with van der Waals surface area (Å²) in [6.45, 7) is 5.11. The van der Waals surface area contributed by atoms with E-state index in [-0.39, 0.29) is 5.91 Å². The molecule has 3 heterocycles. The highest BCUT2D eigenvalue weighted by molar-refractivity contribution is 7.09. The first-order valence-corrected chi connectivity index (χ1v) is 12.3. The van der Waals surface area contributed by atoms with E-state index in [4.69, 9.17) is 4.98 Å². The second kappa shape index (κ2) is 10.3. The van der Waals surface area contributed by atoms with Gasteiger partial charge < -0.3 is 4.90 Å². The molecule has 4 rings (SSSR count). The Labute approximate surface area is 186 Å². The highest BCUT2D eigenvalue weighted by Crippen LogP contribution is 2.24. The van der Waals surface area contributed by atoms with E-state index in [1.807, 2.05) is 16.6 Å². The zero-order valence-electron chi connectivity index (χ0n) is 17.4. The molecule has 30 heavy (non-hydrogen) atoms. The van der Waals surface area contributed by atoms with Crippen LogP contribution in [0.25, 0.3) is 0 Å². The van der Waals surface area contributed by atoms with Gasteiger partial charge in [0.15, 0.2) is 0 Å². The number of hydrogen-bond acceptors (Lipinski definition) is 6. The van der Waals surface area contributed by atoms with E-state index in [0.717, 1.165) is 57.6 Å². The lowest BCUT2D eigenvalue weighted by Gasteiger charge is -2.37. The van der Waals surface area contributed by atoms with Gasteiger partial charge in [0.1, 0.15) is 0 Å². The number of thiazole rings is 2. The fourth-order valence-corrected chi connectivity index (χ4v) is 5.43. The Bertz CT molecular complexity index is 918. The molecule has 0 bridgehead atoms. The predicted octanol–water partition coefficient (Wildman–Crippen LogP) is 4.40. The van der Waals surface area contributed by atoms with E-state index >= 15 is 0 Å². The molecule has 0 atom stereocenters. The molecule has 0 radical (unpaired) electrons. The molecule has 5 nitrogen and oxygen atoms in total. The topological polar surface area (TPSA) is 49.3 Å². The molecular formula is C23H28N4OS2. The van der Waals surface area contributed by atoms with Crippen LogP contribution in [0.5, 0.6) is 0 Å². The first-order valence-electron chi connectivity index (χ1n) is 10.5. The average Bonchev–Trinajstić information content (AvgIpc) is 3.45. The number of aryl methyl sites for hydroxylation is 2. The number of benzene rings is 1. The minimum Gasteiger partial charge on any atom is -0.343 e. The molecule has 2 aromatic heterocycles. The number of hydrogen-bond donors (Lipinski definition) is 0. The van der Waals surface area contributed by atoms with Gasteiger partial charge in [-0.3, -0.25) is 14.7 Å². The molecule has 3 aromatic rings. The van der Waals surface area contributed by atoms with Crippen LogP contribution < -0.4 is 0 Å². The first-order chi connectivity index (χ1) is 14.7. The summed E-state index contributed by atoms with van der Waals surface area (Å²) in [6, 6.07) is 11.1. The van der Waals surface area contributed by atoms with Crippen molar-refractivity contribution in [2.75, 3.05) is 13.1 Å². The molecule has 1 saturated heterocycles. The Morgan fingerprint density at radius 2 is 1.93 bits per heavy atom. The molecule has 158 valence electrons. The number of carbonyl (C=O) groups excluding carboxylic acids is 1. The van der Waals surface area contributed by atoms with Crippen LogP contribution >= 0.6 is 22.7 Å². The van der Waals surface area contributed by atoms with E-state index in [0.29, 0.717) is 6.04 Å². The number of likely N-dealkylation sites (tertiary alicyclic amines) is 1. The molecule has 1 amide bonds. The van der Waals surface area contributed by atoms with Gasteiger partial charge in [0.05, 0.1) is 16.2 Å². The predicted molar refractivity (Wildman–Crippen MR) is 123 cm³/mol. The van der Waals surface area contributed by atoms with Crippen molar-refractivity contribution in [3.63, 3.8) is 0 Å². The quantitative estimate of drug-likeness (QED) is 0.521. The zero-order valence-corrected chi connectivity index (χ0v) is 19.0. The van der Waals surface area contributed by atoms with Crippen LogP contribution in [-0.4, -0.2) is 44.8 Å². The first kappa shape index (κ1) is 21.2. The zero-order chi connectivity index (χ0) is 20.8. The minimum absolute atomic E-state index is 0.185. The van der Waals surface area contributed by atoms with Crippen molar-refractivity contribution in [1.82, 2.24) is 19.8 Å². The molecule has 7 heteroatoms. The molecule has 1 aliphatic rings. The van der Waals surface area contributed by atoms with E-state index in [1.54, 1.807) is 29.6 Å². The second-order valence-electron chi connectivity index (χ2n) is 7.83. The smallest absolute Gasteiger partial charge is 0.219 e. The number of nitrogens with zero attached hydrogens (tertiary/aromatic N) is 4. The molecule has 0 N–H and O–H groups in total. The molecule has 0 unspecified atom stereocenters. The number of carbonyl (C=O) groups is 1. The monoisotopic (exact) mass is 440 g/mol. The van der Waals surface area contributed by atoms with E-state index in [9.17, 15) is 4.79 Å². The maximum atomic E-state index is 11.7. The lowest BCUT2D eigenvalue weighted by Crippen LogP contribution is -2.45. The van der Waals surface area contributed by atoms with Crippen LogP contribution in [0, 0.1) is 0 Å². The van der Waals surface area contributed by atoms with Gasteiger partial charge in [0.25, 0.3) is 0 Å². The number of rotatable bonds is 8. The van der Waals surface area contributed by atoms with Gasteiger partial charge in [-0.25, -0.2) is 4.98 Å². The third kappa shape index (κ3) is 5.74. The lowest BCUT2D eigenvalue weighted by atomic mass is 10.0. The summed E-state index contributed by atoms with van der Waals surface area (Å²) < 4.78 is 0. The fraction of sp³-hybridized carbons (Fsp3) is 0.435. The maximum Gasteiger partial charge on any atom is 0.219 e. The third-order valence-corrected chi connectivity index (χ3v) is 7.43. The summed E-state index contributed by atoms with van der Waals surface area (Å²) >= 11 is 3.48. The van der Waals surface area contributed by atoms with Crippen LogP contribution in [0.15, 0.2) is 47.4 Å². The summed E-state index contributed by atoms with van der Waals surface area (Å²) in [4.78, 5) is 26.6. The largest absolute Gasteiger partial charge is 0.343 e. The van der Waals surface area contributed by atoms with Crippen molar-refractivity contribution >= 4 is 28.6 Å². The Balaban J connectivity index is 1.39. The van der Waals surface area contributed by atoms with Gasteiger partial charge >= 0.3 is 0 Å². The van der Waals surface area contributed by atoms with Crippen LogP contribution in [0.2, 0.25) is 0 Å². The Kier molecular flexibility index (Phi) is 7.25. The molecule has 1 aliphatic heterocycles. The molecule has 0 spiro atoms. The van der Waals surface area contributed by atoms with Crippen LogP contribution in [-0.2, 0) is 30.7 Å². The normalized spacial score (nSPS) is 15.1.